The first kappa shape index (κ1) is 16.7. The summed E-state index contributed by atoms with van der Waals surface area (Å²) in [7, 11) is -1.60. The second kappa shape index (κ2) is 5.57. The van der Waals surface area contributed by atoms with Gasteiger partial charge in [-0.15, -0.1) is 0 Å². The molecule has 1 aliphatic carbocycles. The average Bonchev–Trinajstić information content (AvgIpc) is 2.57. The van der Waals surface area contributed by atoms with Gasteiger partial charge < -0.3 is 4.98 Å². The smallest absolute Gasteiger partial charge is 0.152 e. The molecule has 1 nitrogen and oxygen atoms in total. The lowest BCUT2D eigenvalue weighted by Gasteiger charge is -2.37. The standard InChI is InChI=1S/C17H33NSi/c1-12(2)14-10-11-15(13(3)4)16(14)19(8,9)18-17(5,6)7/h10,12-13,18H,11H2,1-9H3. The Balaban J connectivity index is 3.23. The fourth-order valence-electron chi connectivity index (χ4n) is 3.42. The third-order valence-electron chi connectivity index (χ3n) is 3.78. The van der Waals surface area contributed by atoms with Crippen LogP contribution in [0.4, 0.5) is 0 Å². The van der Waals surface area contributed by atoms with E-state index in [-0.39, 0.29) is 5.54 Å². The Labute approximate surface area is 121 Å². The topological polar surface area (TPSA) is 12.0 Å². The van der Waals surface area contributed by atoms with Crippen LogP contribution in [0.5, 0.6) is 0 Å². The van der Waals surface area contributed by atoms with E-state index in [0.29, 0.717) is 11.8 Å². The van der Waals surface area contributed by atoms with E-state index in [2.05, 4.69) is 72.6 Å². The van der Waals surface area contributed by atoms with Crippen LogP contribution in [-0.4, -0.2) is 13.8 Å². The van der Waals surface area contributed by atoms with Gasteiger partial charge in [0, 0.05) is 5.54 Å². The second-order valence-electron chi connectivity index (χ2n) is 8.07. The highest BCUT2D eigenvalue weighted by molar-refractivity contribution is 6.83. The zero-order chi connectivity index (χ0) is 15.0. The third kappa shape index (κ3) is 4.06. The molecule has 19 heavy (non-hydrogen) atoms. The lowest BCUT2D eigenvalue weighted by molar-refractivity contribution is 0.513. The summed E-state index contributed by atoms with van der Waals surface area (Å²) in [6, 6.07) is 0. The molecular formula is C17H33NSi. The molecule has 0 aromatic heterocycles. The summed E-state index contributed by atoms with van der Waals surface area (Å²) < 4.78 is 0. The van der Waals surface area contributed by atoms with E-state index in [1.807, 2.05) is 0 Å². The van der Waals surface area contributed by atoms with Gasteiger partial charge in [-0.25, -0.2) is 0 Å². The minimum absolute atomic E-state index is 0.190. The van der Waals surface area contributed by atoms with Gasteiger partial charge in [0.2, 0.25) is 0 Å². The zero-order valence-corrected chi connectivity index (χ0v) is 15.4. The highest BCUT2D eigenvalue weighted by Crippen LogP contribution is 2.39. The molecule has 1 N–H and O–H groups in total. The predicted molar refractivity (Wildman–Crippen MR) is 89.8 cm³/mol. The van der Waals surface area contributed by atoms with E-state index in [0.717, 1.165) is 0 Å². The third-order valence-corrected chi connectivity index (χ3v) is 7.02. The molecule has 0 saturated carbocycles. The minimum atomic E-state index is -1.60. The van der Waals surface area contributed by atoms with Crippen molar-refractivity contribution in [1.29, 1.82) is 0 Å². The van der Waals surface area contributed by atoms with Crippen LogP contribution in [0.15, 0.2) is 22.4 Å². The summed E-state index contributed by atoms with van der Waals surface area (Å²) in [5, 5.41) is 1.70. The van der Waals surface area contributed by atoms with Crippen LogP contribution in [-0.2, 0) is 0 Å². The first-order valence-electron chi connectivity index (χ1n) is 7.69. The van der Waals surface area contributed by atoms with Gasteiger partial charge in [-0.1, -0.05) is 52.4 Å². The van der Waals surface area contributed by atoms with Gasteiger partial charge in [0.05, 0.1) is 0 Å². The number of rotatable bonds is 4. The van der Waals surface area contributed by atoms with Gasteiger partial charge in [-0.2, -0.15) is 0 Å². The van der Waals surface area contributed by atoms with Crippen molar-refractivity contribution >= 4 is 8.24 Å². The van der Waals surface area contributed by atoms with Crippen molar-refractivity contribution < 1.29 is 0 Å². The number of allylic oxidation sites excluding steroid dienone is 4. The largest absolute Gasteiger partial charge is 0.329 e. The fourth-order valence-corrected chi connectivity index (χ4v) is 7.73. The lowest BCUT2D eigenvalue weighted by atomic mass is 10.0. The van der Waals surface area contributed by atoms with E-state index in [1.165, 1.54) is 6.42 Å². The van der Waals surface area contributed by atoms with Crippen molar-refractivity contribution in [1.82, 2.24) is 4.98 Å². The molecular weight excluding hydrogens is 246 g/mol. The Hall–Kier alpha value is -0.343. The summed E-state index contributed by atoms with van der Waals surface area (Å²) >= 11 is 0. The van der Waals surface area contributed by atoms with Crippen molar-refractivity contribution in [2.75, 3.05) is 0 Å². The molecule has 110 valence electrons. The second-order valence-corrected chi connectivity index (χ2v) is 12.1. The van der Waals surface area contributed by atoms with Crippen molar-refractivity contribution in [2.45, 2.75) is 73.5 Å². The van der Waals surface area contributed by atoms with E-state index < -0.39 is 8.24 Å². The summed E-state index contributed by atoms with van der Waals surface area (Å²) in [6.45, 7) is 21.1. The Bertz CT molecular complexity index is 392. The van der Waals surface area contributed by atoms with Crippen LogP contribution in [0.1, 0.15) is 54.9 Å². The van der Waals surface area contributed by atoms with Crippen LogP contribution in [0, 0.1) is 11.8 Å². The van der Waals surface area contributed by atoms with Crippen LogP contribution in [0.25, 0.3) is 0 Å². The molecule has 2 heteroatoms. The van der Waals surface area contributed by atoms with Gasteiger partial charge in [0.25, 0.3) is 0 Å². The molecule has 1 aliphatic rings. The maximum atomic E-state index is 3.95. The van der Waals surface area contributed by atoms with Gasteiger partial charge in [-0.05, 0) is 49.8 Å². The molecule has 0 radical (unpaired) electrons. The first-order chi connectivity index (χ1) is 8.46. The van der Waals surface area contributed by atoms with E-state index in [4.69, 9.17) is 0 Å². The molecule has 0 amide bonds. The zero-order valence-electron chi connectivity index (χ0n) is 14.4. The van der Waals surface area contributed by atoms with Crippen LogP contribution < -0.4 is 4.98 Å². The summed E-state index contributed by atoms with van der Waals surface area (Å²) in [5.74, 6) is 1.30. The van der Waals surface area contributed by atoms with Crippen molar-refractivity contribution in [3.63, 3.8) is 0 Å². The number of nitrogens with one attached hydrogen (secondary N) is 1. The quantitative estimate of drug-likeness (QED) is 0.709. The Morgan fingerprint density at radius 3 is 1.95 bits per heavy atom. The molecule has 1 rings (SSSR count). The Kier molecular flexibility index (Phi) is 4.90. The molecule has 0 saturated heterocycles. The first-order valence-corrected chi connectivity index (χ1v) is 10.7. The summed E-state index contributed by atoms with van der Waals surface area (Å²) in [5.41, 5.74) is 3.48. The number of hydrogen-bond acceptors (Lipinski definition) is 1. The van der Waals surface area contributed by atoms with Crippen molar-refractivity contribution in [2.24, 2.45) is 11.8 Å². The average molecular weight is 280 g/mol. The normalized spacial score (nSPS) is 17.7. The van der Waals surface area contributed by atoms with Gasteiger partial charge >= 0.3 is 0 Å². The predicted octanol–water partition coefficient (Wildman–Crippen LogP) is 5.06. The highest BCUT2D eigenvalue weighted by atomic mass is 28.3. The summed E-state index contributed by atoms with van der Waals surface area (Å²) in [6.07, 6.45) is 3.65. The lowest BCUT2D eigenvalue weighted by Crippen LogP contribution is -2.56. The van der Waals surface area contributed by atoms with Gasteiger partial charge in [0.1, 0.15) is 0 Å². The molecule has 0 aliphatic heterocycles. The van der Waals surface area contributed by atoms with Gasteiger partial charge in [-0.3, -0.25) is 0 Å². The molecule has 0 spiro atoms. The van der Waals surface area contributed by atoms with Gasteiger partial charge in [0.15, 0.2) is 8.24 Å². The molecule has 0 unspecified atom stereocenters. The van der Waals surface area contributed by atoms with Crippen LogP contribution in [0.3, 0.4) is 0 Å². The van der Waals surface area contributed by atoms with E-state index >= 15 is 0 Å². The molecule has 0 bridgehead atoms. The molecule has 0 fully saturated rings. The maximum Gasteiger partial charge on any atom is 0.152 e. The van der Waals surface area contributed by atoms with E-state index in [9.17, 15) is 0 Å². The monoisotopic (exact) mass is 279 g/mol. The highest BCUT2D eigenvalue weighted by Gasteiger charge is 2.37. The molecule has 0 aromatic rings. The molecule has 0 atom stereocenters. The Morgan fingerprint density at radius 2 is 1.58 bits per heavy atom. The molecule has 0 heterocycles. The fraction of sp³-hybridized carbons (Fsp3) is 0.765. The molecule has 0 aromatic carbocycles. The van der Waals surface area contributed by atoms with Crippen LogP contribution in [0.2, 0.25) is 13.1 Å². The Morgan fingerprint density at radius 1 is 1.05 bits per heavy atom. The van der Waals surface area contributed by atoms with Crippen molar-refractivity contribution in [3.05, 3.63) is 22.4 Å². The van der Waals surface area contributed by atoms with E-state index in [1.54, 1.807) is 16.3 Å². The van der Waals surface area contributed by atoms with Crippen molar-refractivity contribution in [3.8, 4) is 0 Å². The number of hydrogen-bond donors (Lipinski definition) is 1. The SMILES string of the molecule is CC(C)C1=CCC(C(C)C)=C1[Si](C)(C)NC(C)(C)C. The maximum absolute atomic E-state index is 3.95. The minimum Gasteiger partial charge on any atom is -0.329 e. The van der Waals surface area contributed by atoms with Crippen LogP contribution >= 0.6 is 0 Å². The summed E-state index contributed by atoms with van der Waals surface area (Å²) in [4.78, 5) is 3.95.